The van der Waals surface area contributed by atoms with Crippen LogP contribution in [-0.4, -0.2) is 16.8 Å². The van der Waals surface area contributed by atoms with Gasteiger partial charge in [-0.2, -0.15) is 0 Å². The summed E-state index contributed by atoms with van der Waals surface area (Å²) in [5.41, 5.74) is 7.75. The van der Waals surface area contributed by atoms with Crippen molar-refractivity contribution in [2.45, 2.75) is 34.1 Å². The molecule has 0 saturated carbocycles. The molecule has 0 radical (unpaired) electrons. The fraction of sp³-hybridized carbons (Fsp3) is 0.231. The van der Waals surface area contributed by atoms with Crippen LogP contribution in [0, 0.1) is 13.8 Å². The van der Waals surface area contributed by atoms with Crippen LogP contribution in [0.5, 0.6) is 17.2 Å². The zero-order valence-corrected chi connectivity index (χ0v) is 17.5. The number of phenols is 2. The maximum Gasteiger partial charge on any atom is 0.160 e. The van der Waals surface area contributed by atoms with E-state index in [1.165, 1.54) is 5.57 Å². The molecule has 3 nitrogen and oxygen atoms in total. The van der Waals surface area contributed by atoms with E-state index in [0.29, 0.717) is 12.4 Å². The molecular weight excluding hydrogens is 360 g/mol. The molecule has 0 aliphatic carbocycles. The number of aryl methyl sites for hydroxylation is 2. The number of ether oxygens (including phenoxy) is 1. The van der Waals surface area contributed by atoms with Crippen LogP contribution in [-0.2, 0) is 0 Å². The van der Waals surface area contributed by atoms with E-state index < -0.39 is 0 Å². The van der Waals surface area contributed by atoms with Gasteiger partial charge in [0.25, 0.3) is 0 Å². The topological polar surface area (TPSA) is 49.7 Å². The third kappa shape index (κ3) is 5.00. The van der Waals surface area contributed by atoms with E-state index in [4.69, 9.17) is 4.74 Å². The lowest BCUT2D eigenvalue weighted by Crippen LogP contribution is -1.97. The van der Waals surface area contributed by atoms with Crippen LogP contribution < -0.4 is 4.74 Å². The molecule has 0 unspecified atom stereocenters. The Balaban J connectivity index is 1.85. The molecule has 3 rings (SSSR count). The smallest absolute Gasteiger partial charge is 0.160 e. The molecule has 0 aliphatic rings. The molecular formula is C26H28O3. The molecule has 0 heterocycles. The van der Waals surface area contributed by atoms with Gasteiger partial charge in [-0.1, -0.05) is 42.0 Å². The predicted molar refractivity (Wildman–Crippen MR) is 120 cm³/mol. The normalized spacial score (nSPS) is 10.6. The van der Waals surface area contributed by atoms with Gasteiger partial charge in [0.15, 0.2) is 11.5 Å². The monoisotopic (exact) mass is 388 g/mol. The number of benzene rings is 3. The van der Waals surface area contributed by atoms with Crippen LogP contribution in [0.4, 0.5) is 0 Å². The molecule has 150 valence electrons. The highest BCUT2D eigenvalue weighted by atomic mass is 16.5. The molecule has 2 N–H and O–H groups in total. The number of hydrogen-bond donors (Lipinski definition) is 2. The van der Waals surface area contributed by atoms with Crippen molar-refractivity contribution in [1.82, 2.24) is 0 Å². The van der Waals surface area contributed by atoms with Gasteiger partial charge in [-0.15, -0.1) is 0 Å². The van der Waals surface area contributed by atoms with Gasteiger partial charge in [0.2, 0.25) is 0 Å². The van der Waals surface area contributed by atoms with Gasteiger partial charge in [-0.3, -0.25) is 0 Å². The Morgan fingerprint density at radius 1 is 0.828 bits per heavy atom. The minimum atomic E-state index is 0.154. The second-order valence-electron chi connectivity index (χ2n) is 7.63. The van der Waals surface area contributed by atoms with Crippen LogP contribution in [0.1, 0.15) is 31.4 Å². The number of hydrogen-bond acceptors (Lipinski definition) is 3. The zero-order valence-electron chi connectivity index (χ0n) is 17.5. The highest BCUT2D eigenvalue weighted by molar-refractivity contribution is 5.78. The summed E-state index contributed by atoms with van der Waals surface area (Å²) in [7, 11) is 0. The van der Waals surface area contributed by atoms with Crippen LogP contribution in [0.15, 0.2) is 66.2 Å². The lowest BCUT2D eigenvalue weighted by Gasteiger charge is -2.15. The Labute approximate surface area is 172 Å². The number of allylic oxidation sites excluding steroid dienone is 1. The largest absolute Gasteiger partial charge is 0.508 e. The molecule has 0 atom stereocenters. The Kier molecular flexibility index (Phi) is 6.28. The summed E-state index contributed by atoms with van der Waals surface area (Å²) in [6.45, 7) is 8.81. The Hall–Kier alpha value is -3.20. The first-order chi connectivity index (χ1) is 13.8. The second-order valence-corrected chi connectivity index (χ2v) is 7.63. The third-order valence-corrected chi connectivity index (χ3v) is 4.91. The number of rotatable bonds is 6. The van der Waals surface area contributed by atoms with E-state index in [1.54, 1.807) is 18.2 Å². The van der Waals surface area contributed by atoms with Crippen LogP contribution >= 0.6 is 0 Å². The van der Waals surface area contributed by atoms with Gasteiger partial charge in [-0.05, 0) is 91.8 Å². The average Bonchev–Trinajstić information content (AvgIpc) is 2.66. The second kappa shape index (κ2) is 8.87. The molecule has 0 spiro atoms. The van der Waals surface area contributed by atoms with Gasteiger partial charge >= 0.3 is 0 Å². The molecule has 0 aromatic heterocycles. The lowest BCUT2D eigenvalue weighted by atomic mass is 9.91. The maximum atomic E-state index is 10.4. The molecule has 0 fully saturated rings. The van der Waals surface area contributed by atoms with Crippen molar-refractivity contribution in [1.29, 1.82) is 0 Å². The van der Waals surface area contributed by atoms with Crippen LogP contribution in [0.2, 0.25) is 0 Å². The van der Waals surface area contributed by atoms with Crippen LogP contribution in [0.3, 0.4) is 0 Å². The quantitative estimate of drug-likeness (QED) is 0.361. The molecule has 0 saturated heterocycles. The molecule has 0 bridgehead atoms. The summed E-state index contributed by atoms with van der Waals surface area (Å²) in [6.07, 6.45) is 2.94. The SMILES string of the molecule is CC(C)=CCCOc1ccc(-c2c(C)cc(-c3ccc(O)cc3)cc2C)cc1O. The van der Waals surface area contributed by atoms with Crippen molar-refractivity contribution in [2.75, 3.05) is 6.61 Å². The van der Waals surface area contributed by atoms with Crippen molar-refractivity contribution in [3.63, 3.8) is 0 Å². The molecule has 0 amide bonds. The van der Waals surface area contributed by atoms with E-state index in [1.807, 2.05) is 24.3 Å². The van der Waals surface area contributed by atoms with Gasteiger partial charge in [0.1, 0.15) is 5.75 Å². The molecule has 0 aliphatic heterocycles. The molecule has 29 heavy (non-hydrogen) atoms. The summed E-state index contributed by atoms with van der Waals surface area (Å²) in [5, 5.41) is 19.9. The third-order valence-electron chi connectivity index (χ3n) is 4.91. The first kappa shape index (κ1) is 20.5. The molecule has 3 heteroatoms. The van der Waals surface area contributed by atoms with Crippen molar-refractivity contribution < 1.29 is 14.9 Å². The molecule has 3 aromatic rings. The Morgan fingerprint density at radius 3 is 2.03 bits per heavy atom. The standard InChI is InChI=1S/C26H28O3/c1-17(2)6-5-13-29-25-12-9-21(16-24(25)28)26-18(3)14-22(15-19(26)4)20-7-10-23(27)11-8-20/h6-12,14-16,27-28H,5,13H2,1-4H3. The Morgan fingerprint density at radius 2 is 1.45 bits per heavy atom. The summed E-state index contributed by atoms with van der Waals surface area (Å²) < 4.78 is 5.71. The van der Waals surface area contributed by atoms with Crippen molar-refractivity contribution in [3.8, 4) is 39.5 Å². The van der Waals surface area contributed by atoms with Crippen molar-refractivity contribution >= 4 is 0 Å². The summed E-state index contributed by atoms with van der Waals surface area (Å²) in [6, 6.07) is 17.1. The Bertz CT molecular complexity index is 1000. The lowest BCUT2D eigenvalue weighted by molar-refractivity contribution is 0.305. The van der Waals surface area contributed by atoms with Gasteiger partial charge < -0.3 is 14.9 Å². The van der Waals surface area contributed by atoms with Gasteiger partial charge in [0, 0.05) is 0 Å². The van der Waals surface area contributed by atoms with Gasteiger partial charge in [-0.25, -0.2) is 0 Å². The maximum absolute atomic E-state index is 10.4. The number of phenolic OH excluding ortho intramolecular Hbond substituents is 2. The minimum Gasteiger partial charge on any atom is -0.508 e. The van der Waals surface area contributed by atoms with E-state index in [9.17, 15) is 10.2 Å². The van der Waals surface area contributed by atoms with Gasteiger partial charge in [0.05, 0.1) is 6.61 Å². The summed E-state index contributed by atoms with van der Waals surface area (Å²) in [4.78, 5) is 0. The number of aromatic hydroxyl groups is 2. The van der Waals surface area contributed by atoms with E-state index in [0.717, 1.165) is 39.8 Å². The first-order valence-electron chi connectivity index (χ1n) is 9.85. The first-order valence-corrected chi connectivity index (χ1v) is 9.85. The fourth-order valence-electron chi connectivity index (χ4n) is 3.55. The van der Waals surface area contributed by atoms with Crippen molar-refractivity contribution in [3.05, 3.63) is 77.4 Å². The van der Waals surface area contributed by atoms with Crippen LogP contribution in [0.25, 0.3) is 22.3 Å². The molecule has 3 aromatic carbocycles. The van der Waals surface area contributed by atoms with E-state index >= 15 is 0 Å². The summed E-state index contributed by atoms with van der Waals surface area (Å²) >= 11 is 0. The minimum absolute atomic E-state index is 0.154. The predicted octanol–water partition coefficient (Wildman–Crippen LogP) is 6.78. The van der Waals surface area contributed by atoms with E-state index in [-0.39, 0.29) is 11.5 Å². The highest BCUT2D eigenvalue weighted by Gasteiger charge is 2.12. The fourth-order valence-corrected chi connectivity index (χ4v) is 3.55. The van der Waals surface area contributed by atoms with E-state index in [2.05, 4.69) is 45.9 Å². The summed E-state index contributed by atoms with van der Waals surface area (Å²) in [5.74, 6) is 0.922. The highest BCUT2D eigenvalue weighted by Crippen LogP contribution is 2.37. The zero-order chi connectivity index (χ0) is 21.0. The average molecular weight is 389 g/mol. The van der Waals surface area contributed by atoms with Crippen molar-refractivity contribution in [2.24, 2.45) is 0 Å².